The number of carbonyl (C=O) groups excluding carboxylic acids is 1. The number of likely N-dealkylation sites (tertiary alicyclic amines) is 1. The summed E-state index contributed by atoms with van der Waals surface area (Å²) in [5.74, 6) is -0.345. The van der Waals surface area contributed by atoms with Crippen LogP contribution in [0.4, 0.5) is 15.8 Å². The lowest BCUT2D eigenvalue weighted by atomic mass is 10.0. The van der Waals surface area contributed by atoms with Gasteiger partial charge < -0.3 is 10.2 Å². The molecule has 3 heterocycles. The van der Waals surface area contributed by atoms with Crippen LogP contribution in [0.15, 0.2) is 36.5 Å². The van der Waals surface area contributed by atoms with Gasteiger partial charge in [-0.05, 0) is 69.9 Å². The van der Waals surface area contributed by atoms with Gasteiger partial charge in [0.1, 0.15) is 5.82 Å². The summed E-state index contributed by atoms with van der Waals surface area (Å²) in [5, 5.41) is 4.01. The molecule has 1 aliphatic heterocycles. The fourth-order valence-corrected chi connectivity index (χ4v) is 3.84. The predicted molar refractivity (Wildman–Crippen MR) is 113 cm³/mol. The summed E-state index contributed by atoms with van der Waals surface area (Å²) >= 11 is 0. The Morgan fingerprint density at radius 1 is 1.21 bits per heavy atom. The van der Waals surface area contributed by atoms with Crippen LogP contribution in [-0.2, 0) is 0 Å². The number of halogens is 1. The first-order chi connectivity index (χ1) is 13.9. The number of nitrogens with zero attached hydrogens (tertiary/aromatic N) is 3. The van der Waals surface area contributed by atoms with Crippen LogP contribution in [0.3, 0.4) is 0 Å². The molecular formula is C23H25FN4O. The second-order valence-electron chi connectivity index (χ2n) is 7.80. The summed E-state index contributed by atoms with van der Waals surface area (Å²) in [4.78, 5) is 24.2. The Morgan fingerprint density at radius 2 is 2.03 bits per heavy atom. The number of carbonyl (C=O) groups is 1. The molecule has 1 N–H and O–H groups in total. The van der Waals surface area contributed by atoms with Crippen LogP contribution in [-0.4, -0.2) is 33.4 Å². The molecule has 5 nitrogen and oxygen atoms in total. The predicted octanol–water partition coefficient (Wildman–Crippen LogP) is 5.14. The first-order valence-corrected chi connectivity index (χ1v) is 10.0. The lowest BCUT2D eigenvalue weighted by Gasteiger charge is -2.34. The number of aryl methyl sites for hydroxylation is 2. The number of fused-ring (bicyclic) bond motifs is 1. The lowest BCUT2D eigenvalue weighted by Crippen LogP contribution is -2.42. The minimum absolute atomic E-state index is 0.0535. The van der Waals surface area contributed by atoms with Gasteiger partial charge in [0.2, 0.25) is 0 Å². The Kier molecular flexibility index (Phi) is 5.18. The van der Waals surface area contributed by atoms with Crippen molar-refractivity contribution < 1.29 is 9.18 Å². The van der Waals surface area contributed by atoms with Gasteiger partial charge in [0.25, 0.3) is 5.91 Å². The highest BCUT2D eigenvalue weighted by Gasteiger charge is 2.27. The third-order valence-corrected chi connectivity index (χ3v) is 5.60. The fourth-order valence-electron chi connectivity index (χ4n) is 3.84. The third kappa shape index (κ3) is 3.79. The molecule has 3 aromatic rings. The summed E-state index contributed by atoms with van der Waals surface area (Å²) < 4.78 is 14.1. The first-order valence-electron chi connectivity index (χ1n) is 10.0. The third-order valence-electron chi connectivity index (χ3n) is 5.60. The Balaban J connectivity index is 1.82. The highest BCUT2D eigenvalue weighted by Crippen LogP contribution is 2.31. The highest BCUT2D eigenvalue weighted by molar-refractivity contribution is 6.07. The number of benzene rings is 1. The summed E-state index contributed by atoms with van der Waals surface area (Å²) in [7, 11) is 0. The maximum absolute atomic E-state index is 14.1. The maximum atomic E-state index is 14.1. The van der Waals surface area contributed by atoms with Gasteiger partial charge in [-0.3, -0.25) is 4.79 Å². The molecule has 0 saturated carbocycles. The smallest absolute Gasteiger partial charge is 0.257 e. The van der Waals surface area contributed by atoms with E-state index in [4.69, 9.17) is 0 Å². The van der Waals surface area contributed by atoms with E-state index >= 15 is 0 Å². The molecule has 0 radical (unpaired) electrons. The van der Waals surface area contributed by atoms with Gasteiger partial charge in [-0.15, -0.1) is 0 Å². The largest absolute Gasteiger partial charge is 0.354 e. The number of piperidine rings is 1. The molecule has 4 rings (SSSR count). The van der Waals surface area contributed by atoms with Gasteiger partial charge in [-0.1, -0.05) is 6.07 Å². The van der Waals surface area contributed by atoms with Crippen molar-refractivity contribution in [2.24, 2.45) is 0 Å². The minimum Gasteiger partial charge on any atom is -0.354 e. The van der Waals surface area contributed by atoms with Gasteiger partial charge >= 0.3 is 0 Å². The Hall–Kier alpha value is -3.02. The zero-order valence-corrected chi connectivity index (χ0v) is 17.0. The average Bonchev–Trinajstić information content (AvgIpc) is 2.70. The van der Waals surface area contributed by atoms with Gasteiger partial charge in [-0.2, -0.15) is 0 Å². The highest BCUT2D eigenvalue weighted by atomic mass is 19.1. The van der Waals surface area contributed by atoms with E-state index in [1.54, 1.807) is 19.2 Å². The molecule has 0 aliphatic carbocycles. The molecule has 1 aromatic carbocycles. The molecular weight excluding hydrogens is 367 g/mol. The van der Waals surface area contributed by atoms with Crippen LogP contribution in [0.5, 0.6) is 0 Å². The molecule has 0 bridgehead atoms. The van der Waals surface area contributed by atoms with E-state index in [9.17, 15) is 9.18 Å². The number of pyridine rings is 2. The average molecular weight is 392 g/mol. The number of hydrogen-bond donors (Lipinski definition) is 1. The second-order valence-corrected chi connectivity index (χ2v) is 7.80. The monoisotopic (exact) mass is 392 g/mol. The van der Waals surface area contributed by atoms with Gasteiger partial charge in [-0.25, -0.2) is 14.4 Å². The van der Waals surface area contributed by atoms with Crippen LogP contribution in [0.2, 0.25) is 0 Å². The van der Waals surface area contributed by atoms with Crippen molar-refractivity contribution in [1.82, 2.24) is 14.9 Å². The molecule has 0 unspecified atom stereocenters. The zero-order chi connectivity index (χ0) is 20.5. The molecule has 1 atom stereocenters. The van der Waals surface area contributed by atoms with E-state index in [2.05, 4.69) is 22.2 Å². The molecule has 1 amide bonds. The number of aromatic nitrogens is 2. The van der Waals surface area contributed by atoms with Crippen molar-refractivity contribution in [3.8, 4) is 0 Å². The molecule has 6 heteroatoms. The van der Waals surface area contributed by atoms with E-state index in [-0.39, 0.29) is 17.8 Å². The van der Waals surface area contributed by atoms with Crippen molar-refractivity contribution in [3.05, 3.63) is 59.2 Å². The molecule has 1 fully saturated rings. The van der Waals surface area contributed by atoms with E-state index in [1.807, 2.05) is 30.0 Å². The molecule has 0 spiro atoms. The molecule has 150 valence electrons. The second kappa shape index (κ2) is 7.78. The molecule has 2 aromatic heterocycles. The first kappa shape index (κ1) is 19.3. The summed E-state index contributed by atoms with van der Waals surface area (Å²) in [6, 6.07) is 8.96. The standard InChI is InChI=1S/C23H25FN4O/c1-14-7-9-17(12-20(14)24)27-21-18-10-8-15(2)26-22(18)25-13-19(21)23(29)28-11-5-4-6-16(28)3/h7-10,12-13,16H,4-6,11H2,1-3H3,(H,25,26,27)/t16-/m1/s1. The van der Waals surface area contributed by atoms with Crippen molar-refractivity contribution in [2.45, 2.75) is 46.1 Å². The van der Waals surface area contributed by atoms with Crippen LogP contribution in [0.1, 0.15) is 47.8 Å². The molecule has 1 aliphatic rings. The number of hydrogen-bond acceptors (Lipinski definition) is 4. The Morgan fingerprint density at radius 3 is 2.79 bits per heavy atom. The number of nitrogens with one attached hydrogen (secondary N) is 1. The van der Waals surface area contributed by atoms with Crippen LogP contribution in [0, 0.1) is 19.7 Å². The van der Waals surface area contributed by atoms with Crippen molar-refractivity contribution >= 4 is 28.3 Å². The van der Waals surface area contributed by atoms with Crippen LogP contribution < -0.4 is 5.32 Å². The van der Waals surface area contributed by atoms with Crippen molar-refractivity contribution in [1.29, 1.82) is 0 Å². The van der Waals surface area contributed by atoms with Crippen LogP contribution >= 0.6 is 0 Å². The summed E-state index contributed by atoms with van der Waals surface area (Å²) in [5.41, 5.74) is 3.67. The fraction of sp³-hybridized carbons (Fsp3) is 0.348. The SMILES string of the molecule is Cc1ccc2c(Nc3ccc(C)c(F)c3)c(C(=O)N3CCCC[C@H]3C)cnc2n1. The zero-order valence-electron chi connectivity index (χ0n) is 17.0. The van der Waals surface area contributed by atoms with Crippen molar-refractivity contribution in [2.75, 3.05) is 11.9 Å². The summed E-state index contributed by atoms with van der Waals surface area (Å²) in [6.07, 6.45) is 4.73. The number of anilines is 2. The maximum Gasteiger partial charge on any atom is 0.257 e. The Bertz CT molecular complexity index is 1080. The van der Waals surface area contributed by atoms with Crippen LogP contribution in [0.25, 0.3) is 11.0 Å². The van der Waals surface area contributed by atoms with E-state index < -0.39 is 0 Å². The topological polar surface area (TPSA) is 58.1 Å². The van der Waals surface area contributed by atoms with Crippen molar-refractivity contribution in [3.63, 3.8) is 0 Å². The minimum atomic E-state index is -0.292. The Labute approximate surface area is 170 Å². The normalized spacial score (nSPS) is 16.8. The molecule has 1 saturated heterocycles. The quantitative estimate of drug-likeness (QED) is 0.670. The number of amides is 1. The van der Waals surface area contributed by atoms with Gasteiger partial charge in [0, 0.05) is 35.6 Å². The van der Waals surface area contributed by atoms with Gasteiger partial charge in [0.05, 0.1) is 11.3 Å². The van der Waals surface area contributed by atoms with E-state index in [1.165, 1.54) is 6.07 Å². The molecule has 29 heavy (non-hydrogen) atoms. The number of rotatable bonds is 3. The summed E-state index contributed by atoms with van der Waals surface area (Å²) in [6.45, 7) is 6.44. The van der Waals surface area contributed by atoms with E-state index in [0.717, 1.165) is 36.9 Å². The van der Waals surface area contributed by atoms with E-state index in [0.29, 0.717) is 28.1 Å². The van der Waals surface area contributed by atoms with Gasteiger partial charge in [0.15, 0.2) is 5.65 Å². The lowest BCUT2D eigenvalue weighted by molar-refractivity contribution is 0.0636.